The lowest BCUT2D eigenvalue weighted by atomic mass is 9.74. The number of rotatable bonds is 2. The zero-order valence-corrected chi connectivity index (χ0v) is 14.9. The van der Waals surface area contributed by atoms with E-state index in [1.165, 1.54) is 37.8 Å². The van der Waals surface area contributed by atoms with Crippen molar-refractivity contribution in [2.75, 3.05) is 24.5 Å². The van der Waals surface area contributed by atoms with Gasteiger partial charge in [0.1, 0.15) is 17.4 Å². The summed E-state index contributed by atoms with van der Waals surface area (Å²) >= 11 is 0. The second kappa shape index (κ2) is 6.36. The lowest BCUT2D eigenvalue weighted by Gasteiger charge is -2.44. The normalized spacial score (nSPS) is 22.8. The number of piperidine rings is 2. The highest BCUT2D eigenvalue weighted by atomic mass is 15.2. The highest BCUT2D eigenvalue weighted by Crippen LogP contribution is 2.36. The number of nitrogens with one attached hydrogen (secondary N) is 1. The Hall–Kier alpha value is -2.47. The summed E-state index contributed by atoms with van der Waals surface area (Å²) in [5, 5.41) is 2.62. The maximum absolute atomic E-state index is 4.53. The van der Waals surface area contributed by atoms with E-state index in [2.05, 4.69) is 60.5 Å². The second-order valence-electron chi connectivity index (χ2n) is 7.74. The SMILES string of the molecule is c1ccc([C@@H]2CC[NH2+]C3(CCN(c4ncnc5nc[nH]c45)CC3)C2)cc1. The minimum absolute atomic E-state index is 0.384. The quantitative estimate of drug-likeness (QED) is 0.740. The Bertz CT molecular complexity index is 881. The Balaban J connectivity index is 1.32. The lowest BCUT2D eigenvalue weighted by molar-refractivity contribution is -0.739. The zero-order chi connectivity index (χ0) is 17.4. The van der Waals surface area contributed by atoms with Gasteiger partial charge in [-0.3, -0.25) is 0 Å². The van der Waals surface area contributed by atoms with Crippen LogP contribution in [0.5, 0.6) is 0 Å². The summed E-state index contributed by atoms with van der Waals surface area (Å²) in [4.78, 5) is 18.6. The van der Waals surface area contributed by atoms with Gasteiger partial charge in [-0.05, 0) is 11.5 Å². The second-order valence-corrected chi connectivity index (χ2v) is 7.74. The van der Waals surface area contributed by atoms with Gasteiger partial charge in [0, 0.05) is 38.8 Å². The molecular formula is C20H25N6+. The van der Waals surface area contributed by atoms with Crippen LogP contribution < -0.4 is 10.2 Å². The molecule has 2 fully saturated rings. The van der Waals surface area contributed by atoms with Crippen LogP contribution in [0.3, 0.4) is 0 Å². The average molecular weight is 349 g/mol. The van der Waals surface area contributed by atoms with Gasteiger partial charge in [0.15, 0.2) is 11.5 Å². The maximum atomic E-state index is 4.53. The molecule has 0 bridgehead atoms. The predicted octanol–water partition coefficient (Wildman–Crippen LogP) is 1.83. The lowest BCUT2D eigenvalue weighted by Crippen LogP contribution is -2.99. The topological polar surface area (TPSA) is 74.3 Å². The van der Waals surface area contributed by atoms with Crippen molar-refractivity contribution >= 4 is 17.0 Å². The van der Waals surface area contributed by atoms with E-state index in [1.54, 1.807) is 12.7 Å². The van der Waals surface area contributed by atoms with Crippen LogP contribution in [0.2, 0.25) is 0 Å². The first-order valence-electron chi connectivity index (χ1n) is 9.61. The van der Waals surface area contributed by atoms with Crippen LogP contribution in [0.1, 0.15) is 37.2 Å². The molecule has 3 aromatic rings. The molecule has 0 unspecified atom stereocenters. The number of aromatic amines is 1. The first-order chi connectivity index (χ1) is 12.8. The van der Waals surface area contributed by atoms with Crippen LogP contribution >= 0.6 is 0 Å². The fourth-order valence-electron chi connectivity index (χ4n) is 4.84. The number of hydrogen-bond donors (Lipinski definition) is 2. The third kappa shape index (κ3) is 2.74. The summed E-state index contributed by atoms with van der Waals surface area (Å²) in [7, 11) is 0. The summed E-state index contributed by atoms with van der Waals surface area (Å²) < 4.78 is 0. The number of aromatic nitrogens is 4. The molecule has 5 rings (SSSR count). The predicted molar refractivity (Wildman–Crippen MR) is 101 cm³/mol. The molecule has 2 saturated heterocycles. The minimum atomic E-state index is 0.384. The molecule has 1 aromatic carbocycles. The molecule has 134 valence electrons. The third-order valence-electron chi connectivity index (χ3n) is 6.28. The van der Waals surface area contributed by atoms with Gasteiger partial charge in [-0.1, -0.05) is 30.3 Å². The van der Waals surface area contributed by atoms with Gasteiger partial charge in [0.2, 0.25) is 0 Å². The Labute approximate surface area is 153 Å². The number of nitrogens with zero attached hydrogens (tertiary/aromatic N) is 4. The highest BCUT2D eigenvalue weighted by Gasteiger charge is 2.43. The van der Waals surface area contributed by atoms with Crippen LogP contribution in [-0.2, 0) is 0 Å². The van der Waals surface area contributed by atoms with E-state index >= 15 is 0 Å². The molecule has 1 spiro atoms. The van der Waals surface area contributed by atoms with Gasteiger partial charge in [-0.15, -0.1) is 0 Å². The largest absolute Gasteiger partial charge is 0.354 e. The molecule has 3 N–H and O–H groups in total. The Morgan fingerprint density at radius 3 is 2.77 bits per heavy atom. The van der Waals surface area contributed by atoms with Crippen molar-refractivity contribution < 1.29 is 5.32 Å². The first kappa shape index (κ1) is 15.8. The van der Waals surface area contributed by atoms with Gasteiger partial charge in [-0.25, -0.2) is 15.0 Å². The van der Waals surface area contributed by atoms with E-state index in [0.29, 0.717) is 11.5 Å². The molecule has 6 nitrogen and oxygen atoms in total. The smallest absolute Gasteiger partial charge is 0.182 e. The van der Waals surface area contributed by atoms with Gasteiger partial charge in [0.25, 0.3) is 0 Å². The van der Waals surface area contributed by atoms with Crippen LogP contribution in [0.15, 0.2) is 43.0 Å². The zero-order valence-electron chi connectivity index (χ0n) is 14.9. The molecule has 0 aliphatic carbocycles. The monoisotopic (exact) mass is 349 g/mol. The summed E-state index contributed by atoms with van der Waals surface area (Å²) in [6, 6.07) is 11.1. The number of H-pyrrole nitrogens is 1. The maximum Gasteiger partial charge on any atom is 0.182 e. The van der Waals surface area contributed by atoms with E-state index in [-0.39, 0.29) is 0 Å². The third-order valence-corrected chi connectivity index (χ3v) is 6.28. The molecule has 0 amide bonds. The molecule has 2 aromatic heterocycles. The van der Waals surface area contributed by atoms with Crippen molar-refractivity contribution in [3.63, 3.8) is 0 Å². The van der Waals surface area contributed by atoms with Crippen LogP contribution in [0, 0.1) is 0 Å². The summed E-state index contributed by atoms with van der Waals surface area (Å²) in [5.41, 5.74) is 3.61. The molecule has 0 radical (unpaired) electrons. The van der Waals surface area contributed by atoms with Crippen LogP contribution in [-0.4, -0.2) is 45.1 Å². The first-order valence-corrected chi connectivity index (χ1v) is 9.61. The molecule has 1 atom stereocenters. The van der Waals surface area contributed by atoms with Crippen molar-refractivity contribution in [3.05, 3.63) is 48.5 Å². The molecular weight excluding hydrogens is 324 g/mol. The van der Waals surface area contributed by atoms with E-state index in [0.717, 1.165) is 30.1 Å². The Kier molecular flexibility index (Phi) is 3.85. The number of nitrogens with two attached hydrogens (primary N) is 1. The van der Waals surface area contributed by atoms with E-state index in [9.17, 15) is 0 Å². The van der Waals surface area contributed by atoms with Crippen molar-refractivity contribution in [1.82, 2.24) is 19.9 Å². The molecule has 2 aliphatic heterocycles. The minimum Gasteiger partial charge on any atom is -0.354 e. The molecule has 6 heteroatoms. The number of benzene rings is 1. The molecule has 26 heavy (non-hydrogen) atoms. The van der Waals surface area contributed by atoms with Crippen LogP contribution in [0.25, 0.3) is 11.2 Å². The Morgan fingerprint density at radius 1 is 1.08 bits per heavy atom. The highest BCUT2D eigenvalue weighted by molar-refractivity contribution is 5.82. The number of hydrogen-bond acceptors (Lipinski definition) is 4. The van der Waals surface area contributed by atoms with Gasteiger partial charge < -0.3 is 15.2 Å². The number of anilines is 1. The van der Waals surface area contributed by atoms with E-state index in [1.807, 2.05) is 0 Å². The van der Waals surface area contributed by atoms with E-state index < -0.39 is 0 Å². The Morgan fingerprint density at radius 2 is 1.92 bits per heavy atom. The number of quaternary nitrogens is 1. The number of fused-ring (bicyclic) bond motifs is 1. The van der Waals surface area contributed by atoms with E-state index in [4.69, 9.17) is 0 Å². The fraction of sp³-hybridized carbons (Fsp3) is 0.450. The van der Waals surface area contributed by atoms with Crippen molar-refractivity contribution in [2.45, 2.75) is 37.1 Å². The molecule has 0 saturated carbocycles. The van der Waals surface area contributed by atoms with Crippen molar-refractivity contribution in [2.24, 2.45) is 0 Å². The standard InChI is InChI=1S/C20H24N6/c1-2-4-15(5-3-1)16-6-9-25-20(12-16)7-10-26(11-8-20)19-17-18(22-13-21-17)23-14-24-19/h1-5,13-14,16,25H,6-12H2,(H,21,22,23,24)/p+1/t16-/m1/s1. The summed E-state index contributed by atoms with van der Waals surface area (Å²) in [6.45, 7) is 3.32. The van der Waals surface area contributed by atoms with Gasteiger partial charge >= 0.3 is 0 Å². The molecule has 4 heterocycles. The fourth-order valence-corrected chi connectivity index (χ4v) is 4.84. The van der Waals surface area contributed by atoms with Gasteiger partial charge in [0.05, 0.1) is 12.9 Å². The van der Waals surface area contributed by atoms with Crippen LogP contribution in [0.4, 0.5) is 5.82 Å². The van der Waals surface area contributed by atoms with Gasteiger partial charge in [-0.2, -0.15) is 0 Å². The summed E-state index contributed by atoms with van der Waals surface area (Å²) in [6.07, 6.45) is 8.31. The summed E-state index contributed by atoms with van der Waals surface area (Å²) in [5.74, 6) is 1.70. The van der Waals surface area contributed by atoms with Crippen molar-refractivity contribution in [1.29, 1.82) is 0 Å². The molecule has 2 aliphatic rings. The number of imidazole rings is 1. The van der Waals surface area contributed by atoms with Crippen molar-refractivity contribution in [3.8, 4) is 0 Å². The average Bonchev–Trinajstić information content (AvgIpc) is 3.18.